The van der Waals surface area contributed by atoms with Gasteiger partial charge in [-0.2, -0.15) is 0 Å². The molecular weight excluding hydrogens is 471 g/mol. The third-order valence-electron chi connectivity index (χ3n) is 6.26. The van der Waals surface area contributed by atoms with Crippen LogP contribution in [0.5, 0.6) is 11.5 Å². The zero-order chi connectivity index (χ0) is 24.9. The Morgan fingerprint density at radius 2 is 1.74 bits per heavy atom. The van der Waals surface area contributed by atoms with E-state index >= 15 is 0 Å². The lowest BCUT2D eigenvalue weighted by Crippen LogP contribution is -2.35. The maximum absolute atomic E-state index is 13.4. The van der Waals surface area contributed by atoms with Crippen LogP contribution in [0.3, 0.4) is 0 Å². The van der Waals surface area contributed by atoms with Gasteiger partial charge < -0.3 is 19.7 Å². The fourth-order valence-electron chi connectivity index (χ4n) is 4.48. The zero-order valence-corrected chi connectivity index (χ0v) is 20.2. The number of nitrogens with one attached hydrogen (secondary N) is 1. The van der Waals surface area contributed by atoms with E-state index in [9.17, 15) is 14.0 Å². The van der Waals surface area contributed by atoms with E-state index < -0.39 is 5.92 Å². The van der Waals surface area contributed by atoms with Gasteiger partial charge >= 0.3 is 0 Å². The van der Waals surface area contributed by atoms with Gasteiger partial charge in [-0.1, -0.05) is 48.0 Å². The molecule has 1 aliphatic rings. The highest BCUT2D eigenvalue weighted by atomic mass is 35.5. The van der Waals surface area contributed by atoms with Crippen molar-refractivity contribution in [1.82, 2.24) is 10.2 Å². The van der Waals surface area contributed by atoms with Crippen molar-refractivity contribution in [2.75, 3.05) is 27.3 Å². The summed E-state index contributed by atoms with van der Waals surface area (Å²) in [6.07, 6.45) is 0. The van der Waals surface area contributed by atoms with Crippen LogP contribution in [0.15, 0.2) is 66.7 Å². The second kappa shape index (κ2) is 10.8. The monoisotopic (exact) mass is 496 g/mol. The molecule has 1 aliphatic heterocycles. The van der Waals surface area contributed by atoms with Crippen LogP contribution in [0.25, 0.3) is 0 Å². The van der Waals surface area contributed by atoms with E-state index in [4.69, 9.17) is 21.1 Å². The fraction of sp³-hybridized carbons (Fsp3) is 0.259. The first-order valence-corrected chi connectivity index (χ1v) is 11.6. The van der Waals surface area contributed by atoms with Crippen molar-refractivity contribution in [3.63, 3.8) is 0 Å². The van der Waals surface area contributed by atoms with E-state index in [0.29, 0.717) is 28.6 Å². The number of halogens is 2. The molecular formula is C27H26ClFN2O4. The maximum Gasteiger partial charge on any atom is 0.255 e. The molecule has 182 valence electrons. The Morgan fingerprint density at radius 1 is 1.00 bits per heavy atom. The summed E-state index contributed by atoms with van der Waals surface area (Å²) in [5.74, 6) is -0.581. The van der Waals surface area contributed by atoms with Crippen molar-refractivity contribution in [3.05, 3.63) is 94.3 Å². The first-order valence-electron chi connectivity index (χ1n) is 11.2. The van der Waals surface area contributed by atoms with Crippen LogP contribution in [-0.2, 0) is 11.3 Å². The number of amides is 2. The topological polar surface area (TPSA) is 67.9 Å². The van der Waals surface area contributed by atoms with Crippen molar-refractivity contribution in [2.24, 2.45) is 5.92 Å². The smallest absolute Gasteiger partial charge is 0.255 e. The molecule has 6 nitrogen and oxygen atoms in total. The second-order valence-electron chi connectivity index (χ2n) is 8.33. The van der Waals surface area contributed by atoms with Crippen LogP contribution >= 0.6 is 11.6 Å². The first kappa shape index (κ1) is 24.5. The highest BCUT2D eigenvalue weighted by Gasteiger charge is 2.42. The zero-order valence-electron chi connectivity index (χ0n) is 19.5. The van der Waals surface area contributed by atoms with Crippen LogP contribution in [0, 0.1) is 11.7 Å². The average Bonchev–Trinajstić information content (AvgIpc) is 3.33. The maximum atomic E-state index is 13.4. The SMILES string of the molecule is COc1cccc([C@H]2CN(C(=O)c3ccccc3Cl)C[C@@H]2C(=O)NCc2ccc(F)cc2)c1OC. The third kappa shape index (κ3) is 5.25. The number of methoxy groups -OCH3 is 2. The van der Waals surface area contributed by atoms with Crippen molar-refractivity contribution < 1.29 is 23.5 Å². The summed E-state index contributed by atoms with van der Waals surface area (Å²) in [5, 5.41) is 3.30. The lowest BCUT2D eigenvalue weighted by molar-refractivity contribution is -0.125. The van der Waals surface area contributed by atoms with Gasteiger partial charge in [0.2, 0.25) is 5.91 Å². The summed E-state index contributed by atoms with van der Waals surface area (Å²) in [4.78, 5) is 28.3. The van der Waals surface area contributed by atoms with Crippen molar-refractivity contribution in [2.45, 2.75) is 12.5 Å². The molecule has 0 spiro atoms. The summed E-state index contributed by atoms with van der Waals surface area (Å²) < 4.78 is 24.3. The predicted octanol–water partition coefficient (Wildman–Crippen LogP) is 4.67. The molecule has 3 aromatic rings. The van der Waals surface area contributed by atoms with Gasteiger partial charge in [0.15, 0.2) is 11.5 Å². The van der Waals surface area contributed by atoms with Gasteiger partial charge in [0, 0.05) is 31.1 Å². The molecule has 0 saturated carbocycles. The number of ether oxygens (including phenoxy) is 2. The highest BCUT2D eigenvalue weighted by molar-refractivity contribution is 6.33. The molecule has 35 heavy (non-hydrogen) atoms. The lowest BCUT2D eigenvalue weighted by Gasteiger charge is -2.21. The summed E-state index contributed by atoms with van der Waals surface area (Å²) >= 11 is 6.28. The van der Waals surface area contributed by atoms with Gasteiger partial charge in [0.25, 0.3) is 5.91 Å². The number of carbonyl (C=O) groups excluding carboxylic acids is 2. The third-order valence-corrected chi connectivity index (χ3v) is 6.59. The molecule has 1 saturated heterocycles. The normalized spacial score (nSPS) is 17.2. The number of benzene rings is 3. The molecule has 1 N–H and O–H groups in total. The van der Waals surface area contributed by atoms with E-state index in [2.05, 4.69) is 5.32 Å². The lowest BCUT2D eigenvalue weighted by atomic mass is 9.87. The number of hydrogen-bond donors (Lipinski definition) is 1. The Kier molecular flexibility index (Phi) is 7.56. The molecule has 0 aliphatic carbocycles. The van der Waals surface area contributed by atoms with Gasteiger partial charge in [-0.05, 0) is 35.9 Å². The van der Waals surface area contributed by atoms with Gasteiger partial charge in [-0.15, -0.1) is 0 Å². The largest absolute Gasteiger partial charge is 0.493 e. The summed E-state index contributed by atoms with van der Waals surface area (Å²) in [6.45, 7) is 0.766. The quantitative estimate of drug-likeness (QED) is 0.516. The number of para-hydroxylation sites is 1. The van der Waals surface area contributed by atoms with E-state index in [1.807, 2.05) is 12.1 Å². The van der Waals surface area contributed by atoms with Gasteiger partial charge in [-0.25, -0.2) is 4.39 Å². The Hall–Kier alpha value is -3.58. The molecule has 1 fully saturated rings. The van der Waals surface area contributed by atoms with Crippen LogP contribution in [-0.4, -0.2) is 44.0 Å². The van der Waals surface area contributed by atoms with Crippen molar-refractivity contribution in [3.8, 4) is 11.5 Å². The number of nitrogens with zero attached hydrogens (tertiary/aromatic N) is 1. The minimum absolute atomic E-state index is 0.210. The molecule has 0 bridgehead atoms. The minimum Gasteiger partial charge on any atom is -0.493 e. The Morgan fingerprint density at radius 3 is 2.43 bits per heavy atom. The van der Waals surface area contributed by atoms with E-state index in [0.717, 1.165) is 11.1 Å². The number of hydrogen-bond acceptors (Lipinski definition) is 4. The number of rotatable bonds is 7. The summed E-state index contributed by atoms with van der Waals surface area (Å²) in [5.41, 5.74) is 1.94. The van der Waals surface area contributed by atoms with E-state index in [1.54, 1.807) is 61.6 Å². The van der Waals surface area contributed by atoms with Crippen LogP contribution in [0.1, 0.15) is 27.4 Å². The van der Waals surface area contributed by atoms with Crippen molar-refractivity contribution >= 4 is 23.4 Å². The van der Waals surface area contributed by atoms with Crippen LogP contribution in [0.2, 0.25) is 5.02 Å². The van der Waals surface area contributed by atoms with Crippen LogP contribution < -0.4 is 14.8 Å². The first-order chi connectivity index (χ1) is 16.9. The minimum atomic E-state index is -0.539. The van der Waals surface area contributed by atoms with E-state index in [-0.39, 0.29) is 36.6 Å². The Balaban J connectivity index is 1.63. The summed E-state index contributed by atoms with van der Waals surface area (Å²) in [7, 11) is 3.10. The van der Waals surface area contributed by atoms with Crippen LogP contribution in [0.4, 0.5) is 4.39 Å². The molecule has 3 aromatic carbocycles. The fourth-order valence-corrected chi connectivity index (χ4v) is 4.70. The molecule has 0 aromatic heterocycles. The predicted molar refractivity (Wildman–Crippen MR) is 131 cm³/mol. The molecule has 0 unspecified atom stereocenters. The second-order valence-corrected chi connectivity index (χ2v) is 8.74. The number of likely N-dealkylation sites (tertiary alicyclic amines) is 1. The molecule has 1 heterocycles. The van der Waals surface area contributed by atoms with Crippen molar-refractivity contribution in [1.29, 1.82) is 0 Å². The molecule has 4 rings (SSSR count). The van der Waals surface area contributed by atoms with E-state index in [1.165, 1.54) is 12.1 Å². The van der Waals surface area contributed by atoms with Gasteiger partial charge in [0.05, 0.1) is 30.7 Å². The van der Waals surface area contributed by atoms with Gasteiger partial charge in [-0.3, -0.25) is 9.59 Å². The molecule has 2 amide bonds. The molecule has 8 heteroatoms. The van der Waals surface area contributed by atoms with Gasteiger partial charge in [0.1, 0.15) is 5.82 Å². The number of carbonyl (C=O) groups is 2. The summed E-state index contributed by atoms with van der Waals surface area (Å²) in [6, 6.07) is 18.3. The average molecular weight is 497 g/mol. The highest BCUT2D eigenvalue weighted by Crippen LogP contribution is 2.42. The Labute approximate surface area is 208 Å². The standard InChI is InChI=1S/C27H26ClFN2O4/c1-34-24-9-5-7-19(25(24)35-2)21-15-31(27(33)20-6-3-4-8-23(20)28)16-22(21)26(32)30-14-17-10-12-18(29)13-11-17/h3-13,21-22H,14-16H2,1-2H3,(H,30,32)/t21-,22+/m1/s1. The molecule has 2 atom stereocenters. The Bertz CT molecular complexity index is 1220. The molecule has 0 radical (unpaired) electrons.